The highest BCUT2D eigenvalue weighted by Crippen LogP contribution is 2.33. The van der Waals surface area contributed by atoms with Crippen LogP contribution >= 0.6 is 11.6 Å². The van der Waals surface area contributed by atoms with E-state index in [1.807, 2.05) is 27.7 Å². The molecule has 2 fully saturated rings. The van der Waals surface area contributed by atoms with Crippen molar-refractivity contribution in [3.05, 3.63) is 23.2 Å². The molecular formula is C20H31ClN2O4S2. The third-order valence-electron chi connectivity index (χ3n) is 5.83. The number of rotatable bonds is 4. The molecule has 0 spiro atoms. The van der Waals surface area contributed by atoms with E-state index in [0.29, 0.717) is 26.2 Å². The molecule has 0 bridgehead atoms. The molecule has 0 aromatic heterocycles. The Bertz CT molecular complexity index is 945. The van der Waals surface area contributed by atoms with Gasteiger partial charge < -0.3 is 0 Å². The summed E-state index contributed by atoms with van der Waals surface area (Å²) in [5.41, 5.74) is 0. The standard InChI is InChI=1S/C20H31ClN2O4S2/c1-14-7-15(2)11-22(10-14)28(24,25)18-5-6-19(21)20(9-18)29(26,27)23-12-16(3)8-17(4)13-23/h5-6,9,14-17H,7-8,10-13H2,1-4H3/t14-,15-,16-,17+/m1/s1. The Morgan fingerprint density at radius 3 is 1.62 bits per heavy atom. The summed E-state index contributed by atoms with van der Waals surface area (Å²) in [6, 6.07) is 4.03. The number of benzene rings is 1. The van der Waals surface area contributed by atoms with E-state index in [4.69, 9.17) is 11.6 Å². The smallest absolute Gasteiger partial charge is 0.207 e. The number of halogens is 1. The van der Waals surface area contributed by atoms with Crippen LogP contribution in [0.3, 0.4) is 0 Å². The predicted octanol–water partition coefficient (Wildman–Crippen LogP) is 3.67. The van der Waals surface area contributed by atoms with Crippen LogP contribution in [0.25, 0.3) is 0 Å². The maximum atomic E-state index is 13.3. The molecule has 6 nitrogen and oxygen atoms in total. The molecule has 1 aromatic rings. The van der Waals surface area contributed by atoms with Crippen LogP contribution in [-0.4, -0.2) is 51.6 Å². The summed E-state index contributed by atoms with van der Waals surface area (Å²) in [7, 11) is -7.66. The Labute approximate surface area is 180 Å². The van der Waals surface area contributed by atoms with Gasteiger partial charge in [-0.2, -0.15) is 8.61 Å². The van der Waals surface area contributed by atoms with E-state index in [2.05, 4.69) is 0 Å². The lowest BCUT2D eigenvalue weighted by atomic mass is 9.94. The Hall–Kier alpha value is -0.670. The monoisotopic (exact) mass is 462 g/mol. The molecular weight excluding hydrogens is 432 g/mol. The molecule has 0 aliphatic carbocycles. The van der Waals surface area contributed by atoms with Gasteiger partial charge >= 0.3 is 0 Å². The van der Waals surface area contributed by atoms with Crippen molar-refractivity contribution in [1.29, 1.82) is 0 Å². The van der Waals surface area contributed by atoms with Crippen LogP contribution < -0.4 is 0 Å². The first-order chi connectivity index (χ1) is 13.4. The fourth-order valence-electron chi connectivity index (χ4n) is 4.73. The van der Waals surface area contributed by atoms with Crippen LogP contribution in [0.5, 0.6) is 0 Å². The van der Waals surface area contributed by atoms with Crippen molar-refractivity contribution in [2.45, 2.75) is 50.3 Å². The molecule has 29 heavy (non-hydrogen) atoms. The molecule has 2 aliphatic rings. The van der Waals surface area contributed by atoms with Gasteiger partial charge in [0.25, 0.3) is 0 Å². The van der Waals surface area contributed by atoms with Gasteiger partial charge in [0.15, 0.2) is 0 Å². The van der Waals surface area contributed by atoms with Crippen molar-refractivity contribution in [3.8, 4) is 0 Å². The third kappa shape index (κ3) is 4.82. The van der Waals surface area contributed by atoms with Crippen LogP contribution in [0.4, 0.5) is 0 Å². The first-order valence-corrected chi connectivity index (χ1v) is 13.5. The summed E-state index contributed by atoms with van der Waals surface area (Å²) in [4.78, 5) is -0.139. The number of nitrogens with zero attached hydrogens (tertiary/aromatic N) is 2. The van der Waals surface area contributed by atoms with Gasteiger partial charge in [0.2, 0.25) is 20.0 Å². The van der Waals surface area contributed by atoms with Gasteiger partial charge in [-0.1, -0.05) is 39.3 Å². The Morgan fingerprint density at radius 1 is 0.759 bits per heavy atom. The molecule has 2 saturated heterocycles. The first-order valence-electron chi connectivity index (χ1n) is 10.2. The van der Waals surface area contributed by atoms with E-state index in [0.717, 1.165) is 12.8 Å². The lowest BCUT2D eigenvalue weighted by Crippen LogP contribution is -2.43. The first kappa shape index (κ1) is 23.0. The van der Waals surface area contributed by atoms with Crippen molar-refractivity contribution in [1.82, 2.24) is 8.61 Å². The van der Waals surface area contributed by atoms with Crippen molar-refractivity contribution in [2.75, 3.05) is 26.2 Å². The molecule has 0 saturated carbocycles. The van der Waals surface area contributed by atoms with Gasteiger partial charge in [-0.3, -0.25) is 0 Å². The van der Waals surface area contributed by atoms with Crippen LogP contribution in [0.1, 0.15) is 40.5 Å². The minimum Gasteiger partial charge on any atom is -0.207 e. The quantitative estimate of drug-likeness (QED) is 0.684. The second-order valence-electron chi connectivity index (χ2n) is 9.13. The largest absolute Gasteiger partial charge is 0.244 e. The highest BCUT2D eigenvalue weighted by molar-refractivity contribution is 7.90. The topological polar surface area (TPSA) is 74.8 Å². The van der Waals surface area contributed by atoms with E-state index in [-0.39, 0.29) is 38.5 Å². The number of hydrogen-bond acceptors (Lipinski definition) is 4. The van der Waals surface area contributed by atoms with E-state index in [1.165, 1.54) is 26.8 Å². The lowest BCUT2D eigenvalue weighted by Gasteiger charge is -2.35. The Morgan fingerprint density at radius 2 is 1.17 bits per heavy atom. The molecule has 1 aromatic carbocycles. The highest BCUT2D eigenvalue weighted by atomic mass is 35.5. The maximum absolute atomic E-state index is 13.3. The van der Waals surface area contributed by atoms with Gasteiger partial charge in [-0.15, -0.1) is 0 Å². The van der Waals surface area contributed by atoms with E-state index >= 15 is 0 Å². The van der Waals surface area contributed by atoms with Crippen LogP contribution in [0, 0.1) is 23.7 Å². The molecule has 0 unspecified atom stereocenters. The fraction of sp³-hybridized carbons (Fsp3) is 0.700. The van der Waals surface area contributed by atoms with Crippen LogP contribution in [-0.2, 0) is 20.0 Å². The SMILES string of the molecule is C[C@@H]1C[C@@H](C)CN(S(=O)(=O)c2ccc(Cl)c(S(=O)(=O)N3C[C@H](C)C[C@H](C)C3)c2)C1. The summed E-state index contributed by atoms with van der Waals surface area (Å²) in [5, 5.41) is 0.0511. The average molecular weight is 463 g/mol. The number of piperidine rings is 2. The molecule has 3 rings (SSSR count). The molecule has 4 atom stereocenters. The summed E-state index contributed by atoms with van der Waals surface area (Å²) < 4.78 is 55.9. The van der Waals surface area contributed by atoms with E-state index in [1.54, 1.807) is 0 Å². The van der Waals surface area contributed by atoms with Crippen molar-refractivity contribution >= 4 is 31.6 Å². The van der Waals surface area contributed by atoms with Gasteiger partial charge in [-0.25, -0.2) is 16.8 Å². The number of sulfonamides is 2. The van der Waals surface area contributed by atoms with E-state index < -0.39 is 20.0 Å². The zero-order chi connectivity index (χ0) is 21.6. The maximum Gasteiger partial charge on any atom is 0.244 e. The van der Waals surface area contributed by atoms with E-state index in [9.17, 15) is 16.8 Å². The van der Waals surface area contributed by atoms with Gasteiger partial charge in [-0.05, 0) is 54.7 Å². The van der Waals surface area contributed by atoms with Crippen molar-refractivity contribution in [2.24, 2.45) is 23.7 Å². The molecule has 0 radical (unpaired) electrons. The minimum absolute atomic E-state index is 0.0140. The summed E-state index contributed by atoms with van der Waals surface area (Å²) in [5.74, 6) is 1.02. The van der Waals surface area contributed by atoms with Gasteiger partial charge in [0.1, 0.15) is 4.90 Å². The average Bonchev–Trinajstić information content (AvgIpc) is 2.60. The molecule has 2 aliphatic heterocycles. The zero-order valence-electron chi connectivity index (χ0n) is 17.5. The predicted molar refractivity (Wildman–Crippen MR) is 115 cm³/mol. The molecule has 164 valence electrons. The second-order valence-corrected chi connectivity index (χ2v) is 13.4. The molecule has 2 heterocycles. The molecule has 0 amide bonds. The summed E-state index contributed by atoms with van der Waals surface area (Å²) in [6.07, 6.45) is 1.96. The normalized spacial score (nSPS) is 30.4. The third-order valence-corrected chi connectivity index (χ3v) is 9.97. The Kier molecular flexibility index (Phi) is 6.71. The highest BCUT2D eigenvalue weighted by Gasteiger charge is 2.36. The van der Waals surface area contributed by atoms with Gasteiger partial charge in [0, 0.05) is 26.2 Å². The zero-order valence-corrected chi connectivity index (χ0v) is 19.9. The second kappa shape index (κ2) is 8.46. The van der Waals surface area contributed by atoms with Crippen molar-refractivity contribution in [3.63, 3.8) is 0 Å². The van der Waals surface area contributed by atoms with Crippen LogP contribution in [0.15, 0.2) is 28.0 Å². The van der Waals surface area contributed by atoms with Gasteiger partial charge in [0.05, 0.1) is 9.92 Å². The minimum atomic E-state index is -3.88. The molecule has 0 N–H and O–H groups in total. The molecule has 9 heteroatoms. The number of hydrogen-bond donors (Lipinski definition) is 0. The summed E-state index contributed by atoms with van der Waals surface area (Å²) >= 11 is 6.24. The van der Waals surface area contributed by atoms with Crippen molar-refractivity contribution < 1.29 is 16.8 Å². The van der Waals surface area contributed by atoms with Crippen LogP contribution in [0.2, 0.25) is 5.02 Å². The Balaban J connectivity index is 1.97. The fourth-order valence-corrected chi connectivity index (χ4v) is 8.70. The summed E-state index contributed by atoms with van der Waals surface area (Å²) in [6.45, 7) is 9.85. The lowest BCUT2D eigenvalue weighted by molar-refractivity contribution is 0.222.